The molecule has 3 heterocycles. The molecule has 0 aliphatic carbocycles. The number of hydrogen-bond acceptors (Lipinski definition) is 6. The molecule has 1 aromatic heterocycles. The number of pyridine rings is 1. The van der Waals surface area contributed by atoms with Crippen LogP contribution < -0.4 is 15.4 Å². The van der Waals surface area contributed by atoms with E-state index in [0.29, 0.717) is 41.5 Å². The van der Waals surface area contributed by atoms with E-state index in [1.807, 2.05) is 17.0 Å². The highest BCUT2D eigenvalue weighted by molar-refractivity contribution is 5.99. The Morgan fingerprint density at radius 2 is 1.96 bits per heavy atom. The molecule has 138 valence electrons. The number of nitrogens with zero attached hydrogens (tertiary/aromatic N) is 4. The number of anilines is 2. The minimum Gasteiger partial charge on any atom is -0.492 e. The molecule has 2 fully saturated rings. The highest BCUT2D eigenvalue weighted by atomic mass is 16.5. The van der Waals surface area contributed by atoms with Gasteiger partial charge in [0.15, 0.2) is 11.6 Å². The molecule has 0 spiro atoms. The van der Waals surface area contributed by atoms with Gasteiger partial charge >= 0.3 is 0 Å². The van der Waals surface area contributed by atoms with Gasteiger partial charge in [-0.15, -0.1) is 0 Å². The van der Waals surface area contributed by atoms with Crippen LogP contribution in [0, 0.1) is 11.3 Å². The van der Waals surface area contributed by atoms with Gasteiger partial charge in [0.05, 0.1) is 18.2 Å². The van der Waals surface area contributed by atoms with E-state index in [-0.39, 0.29) is 18.0 Å². The molecular formula is C20H21N5O2. The molecular weight excluding hydrogens is 342 g/mol. The number of amides is 1. The Bertz CT molecular complexity index is 909. The SMILES string of the molecule is COc1c(C#N)ccnc1N1C2CCC1CN(C(=O)c1ccccc1N)C2. The van der Waals surface area contributed by atoms with Gasteiger partial charge in [-0.05, 0) is 31.0 Å². The number of benzene rings is 1. The van der Waals surface area contributed by atoms with Gasteiger partial charge in [0.2, 0.25) is 0 Å². The van der Waals surface area contributed by atoms with Crippen LogP contribution in [0.4, 0.5) is 11.5 Å². The molecule has 2 bridgehead atoms. The first-order valence-electron chi connectivity index (χ1n) is 8.99. The van der Waals surface area contributed by atoms with Crippen LogP contribution in [0.3, 0.4) is 0 Å². The largest absolute Gasteiger partial charge is 0.492 e. The molecule has 2 unspecified atom stereocenters. The second kappa shape index (κ2) is 6.80. The van der Waals surface area contributed by atoms with E-state index in [0.717, 1.165) is 12.8 Å². The van der Waals surface area contributed by atoms with Crippen molar-refractivity contribution in [2.24, 2.45) is 0 Å². The van der Waals surface area contributed by atoms with Crippen LogP contribution in [0.15, 0.2) is 36.5 Å². The predicted molar refractivity (Wildman–Crippen MR) is 102 cm³/mol. The van der Waals surface area contributed by atoms with Gasteiger partial charge in [-0.2, -0.15) is 5.26 Å². The van der Waals surface area contributed by atoms with E-state index in [1.165, 1.54) is 0 Å². The Hall–Kier alpha value is -3.27. The number of methoxy groups -OCH3 is 1. The Morgan fingerprint density at radius 3 is 2.59 bits per heavy atom. The zero-order valence-corrected chi connectivity index (χ0v) is 15.1. The van der Waals surface area contributed by atoms with Crippen molar-refractivity contribution in [3.63, 3.8) is 0 Å². The van der Waals surface area contributed by atoms with Gasteiger partial charge < -0.3 is 20.3 Å². The van der Waals surface area contributed by atoms with Gasteiger partial charge in [-0.25, -0.2) is 4.98 Å². The summed E-state index contributed by atoms with van der Waals surface area (Å²) in [5.41, 5.74) is 7.51. The average Bonchev–Trinajstić information content (AvgIpc) is 2.95. The van der Waals surface area contributed by atoms with Crippen molar-refractivity contribution >= 4 is 17.4 Å². The Balaban J connectivity index is 1.61. The Morgan fingerprint density at radius 1 is 1.26 bits per heavy atom. The topological polar surface area (TPSA) is 95.5 Å². The van der Waals surface area contributed by atoms with Gasteiger partial charge in [0, 0.05) is 37.1 Å². The summed E-state index contributed by atoms with van der Waals surface area (Å²) in [6, 6.07) is 11.3. The normalized spacial score (nSPS) is 21.0. The first-order valence-corrected chi connectivity index (χ1v) is 8.99. The standard InChI is InChI=1S/C20H21N5O2/c1-27-18-13(10-21)8-9-23-19(18)25-14-6-7-15(25)12-24(11-14)20(26)16-4-2-3-5-17(16)22/h2-5,8-9,14-15H,6-7,11-12,22H2,1H3. The Kier molecular flexibility index (Phi) is 4.32. The molecule has 7 heteroatoms. The monoisotopic (exact) mass is 363 g/mol. The third-order valence-corrected chi connectivity index (χ3v) is 5.42. The van der Waals surface area contributed by atoms with Crippen LogP contribution in [-0.2, 0) is 0 Å². The maximum Gasteiger partial charge on any atom is 0.256 e. The maximum absolute atomic E-state index is 13.0. The van der Waals surface area contributed by atoms with Crippen molar-refractivity contribution < 1.29 is 9.53 Å². The molecule has 7 nitrogen and oxygen atoms in total. The molecule has 2 N–H and O–H groups in total. The van der Waals surface area contributed by atoms with Gasteiger partial charge in [-0.1, -0.05) is 12.1 Å². The summed E-state index contributed by atoms with van der Waals surface area (Å²) in [4.78, 5) is 21.5. The summed E-state index contributed by atoms with van der Waals surface area (Å²) in [5, 5.41) is 9.35. The summed E-state index contributed by atoms with van der Waals surface area (Å²) in [6.45, 7) is 1.20. The van der Waals surface area contributed by atoms with Crippen molar-refractivity contribution in [2.75, 3.05) is 30.8 Å². The number of aromatic nitrogens is 1. The summed E-state index contributed by atoms with van der Waals surface area (Å²) < 4.78 is 5.48. The number of carbonyl (C=O) groups excluding carboxylic acids is 1. The lowest BCUT2D eigenvalue weighted by atomic mass is 10.1. The highest BCUT2D eigenvalue weighted by Gasteiger charge is 2.43. The van der Waals surface area contributed by atoms with Crippen LogP contribution in [-0.4, -0.2) is 48.1 Å². The zero-order chi connectivity index (χ0) is 19.0. The number of fused-ring (bicyclic) bond motifs is 2. The third kappa shape index (κ3) is 2.83. The molecule has 2 aliphatic heterocycles. The number of nitriles is 1. The second-order valence-corrected chi connectivity index (χ2v) is 6.92. The molecule has 2 aromatic rings. The van der Waals surface area contributed by atoms with Crippen molar-refractivity contribution in [1.82, 2.24) is 9.88 Å². The summed E-state index contributed by atoms with van der Waals surface area (Å²) in [7, 11) is 1.56. The zero-order valence-electron chi connectivity index (χ0n) is 15.1. The number of hydrogen-bond donors (Lipinski definition) is 1. The number of rotatable bonds is 3. The molecule has 1 aromatic carbocycles. The first-order chi connectivity index (χ1) is 13.1. The Labute approximate surface area is 158 Å². The van der Waals surface area contributed by atoms with Crippen LogP contribution in [0.25, 0.3) is 0 Å². The van der Waals surface area contributed by atoms with Crippen molar-refractivity contribution in [3.8, 4) is 11.8 Å². The molecule has 27 heavy (non-hydrogen) atoms. The van der Waals surface area contributed by atoms with Gasteiger partial charge in [-0.3, -0.25) is 4.79 Å². The number of ether oxygens (including phenoxy) is 1. The second-order valence-electron chi connectivity index (χ2n) is 6.92. The number of nitrogen functional groups attached to an aromatic ring is 1. The predicted octanol–water partition coefficient (Wildman–Crippen LogP) is 2.04. The number of nitrogens with two attached hydrogens (primary N) is 1. The van der Waals surface area contributed by atoms with Crippen LogP contribution in [0.2, 0.25) is 0 Å². The smallest absolute Gasteiger partial charge is 0.256 e. The van der Waals surface area contributed by atoms with Gasteiger partial charge in [0.1, 0.15) is 6.07 Å². The fourth-order valence-corrected chi connectivity index (χ4v) is 4.19. The summed E-state index contributed by atoms with van der Waals surface area (Å²) >= 11 is 0. The first kappa shape index (κ1) is 17.2. The molecule has 4 rings (SSSR count). The van der Waals surface area contributed by atoms with E-state index < -0.39 is 0 Å². The summed E-state index contributed by atoms with van der Waals surface area (Å²) in [5.74, 6) is 1.16. The lowest BCUT2D eigenvalue weighted by Gasteiger charge is -2.42. The average molecular weight is 363 g/mol. The number of likely N-dealkylation sites (tertiary alicyclic amines) is 1. The van der Waals surface area contributed by atoms with Crippen molar-refractivity contribution in [1.29, 1.82) is 5.26 Å². The molecule has 2 aliphatic rings. The fraction of sp³-hybridized carbons (Fsp3) is 0.350. The van der Waals surface area contributed by atoms with Crippen molar-refractivity contribution in [2.45, 2.75) is 24.9 Å². The highest BCUT2D eigenvalue weighted by Crippen LogP contribution is 2.39. The molecule has 1 amide bonds. The molecule has 2 saturated heterocycles. The number of carbonyl (C=O) groups is 1. The fourth-order valence-electron chi connectivity index (χ4n) is 4.19. The van der Waals surface area contributed by atoms with E-state index in [4.69, 9.17) is 10.5 Å². The van der Waals surface area contributed by atoms with Gasteiger partial charge in [0.25, 0.3) is 5.91 Å². The van der Waals surface area contributed by atoms with E-state index in [1.54, 1.807) is 31.5 Å². The van der Waals surface area contributed by atoms with E-state index in [9.17, 15) is 10.1 Å². The lowest BCUT2D eigenvalue weighted by molar-refractivity contribution is 0.0718. The maximum atomic E-state index is 13.0. The molecule has 2 atom stereocenters. The van der Waals surface area contributed by atoms with Crippen molar-refractivity contribution in [3.05, 3.63) is 47.7 Å². The lowest BCUT2D eigenvalue weighted by Crippen LogP contribution is -2.55. The summed E-state index contributed by atoms with van der Waals surface area (Å²) in [6.07, 6.45) is 3.58. The number of para-hydroxylation sites is 1. The van der Waals surface area contributed by atoms with E-state index >= 15 is 0 Å². The van der Waals surface area contributed by atoms with Crippen LogP contribution in [0.5, 0.6) is 5.75 Å². The van der Waals surface area contributed by atoms with Crippen LogP contribution in [0.1, 0.15) is 28.8 Å². The van der Waals surface area contributed by atoms with E-state index in [2.05, 4.69) is 16.0 Å². The molecule has 0 radical (unpaired) electrons. The quantitative estimate of drug-likeness (QED) is 0.839. The van der Waals surface area contributed by atoms with Crippen LogP contribution >= 0.6 is 0 Å². The minimum atomic E-state index is -0.0321. The minimum absolute atomic E-state index is 0.0321. The molecule has 0 saturated carbocycles. The third-order valence-electron chi connectivity index (χ3n) is 5.42. The number of piperazine rings is 1.